The van der Waals surface area contributed by atoms with Gasteiger partial charge >= 0.3 is 0 Å². The first-order valence-corrected chi connectivity index (χ1v) is 5.41. The van der Waals surface area contributed by atoms with Gasteiger partial charge in [-0.2, -0.15) is 0 Å². The van der Waals surface area contributed by atoms with Gasteiger partial charge in [0.1, 0.15) is 0 Å². The first-order chi connectivity index (χ1) is 7.13. The Bertz CT molecular complexity index is 279. The molecule has 15 heavy (non-hydrogen) atoms. The summed E-state index contributed by atoms with van der Waals surface area (Å²) in [4.78, 5) is 6.49. The number of aryl methyl sites for hydroxylation is 1. The molecule has 1 unspecified atom stereocenters. The van der Waals surface area contributed by atoms with Gasteiger partial charge in [0.15, 0.2) is 0 Å². The molecule has 0 saturated carbocycles. The van der Waals surface area contributed by atoms with Crippen LogP contribution in [0.5, 0.6) is 0 Å². The van der Waals surface area contributed by atoms with E-state index in [4.69, 9.17) is 5.73 Å². The molecule has 3 nitrogen and oxygen atoms in total. The number of hydrogen-bond acceptors (Lipinski definition) is 3. The normalized spacial score (nSPS) is 13.1. The molecule has 0 aromatic carbocycles. The second-order valence-corrected chi connectivity index (χ2v) is 4.26. The molecule has 1 aromatic heterocycles. The molecule has 1 atom stereocenters. The van der Waals surface area contributed by atoms with Gasteiger partial charge in [0.2, 0.25) is 0 Å². The van der Waals surface area contributed by atoms with E-state index in [2.05, 4.69) is 30.0 Å². The van der Waals surface area contributed by atoms with Crippen LogP contribution in [0, 0.1) is 6.92 Å². The molecule has 84 valence electrons. The van der Waals surface area contributed by atoms with Gasteiger partial charge in [0.05, 0.1) is 0 Å². The lowest BCUT2D eigenvalue weighted by Gasteiger charge is -2.17. The molecule has 1 rings (SSSR count). The largest absolute Gasteiger partial charge is 0.330 e. The second kappa shape index (κ2) is 5.83. The van der Waals surface area contributed by atoms with E-state index in [0.29, 0.717) is 12.5 Å². The van der Waals surface area contributed by atoms with E-state index in [1.165, 1.54) is 5.56 Å². The Morgan fingerprint density at radius 2 is 2.13 bits per heavy atom. The molecule has 0 aliphatic carbocycles. The molecule has 1 heterocycles. The lowest BCUT2D eigenvalue weighted by Crippen LogP contribution is -2.20. The van der Waals surface area contributed by atoms with E-state index >= 15 is 0 Å². The number of pyridine rings is 1. The Kier molecular flexibility index (Phi) is 4.72. The molecular formula is C12H21N3. The van der Waals surface area contributed by atoms with Crippen LogP contribution in [0.3, 0.4) is 0 Å². The lowest BCUT2D eigenvalue weighted by atomic mass is 9.97. The minimum absolute atomic E-state index is 0.431. The van der Waals surface area contributed by atoms with Gasteiger partial charge in [-0.3, -0.25) is 4.98 Å². The summed E-state index contributed by atoms with van der Waals surface area (Å²) in [6.07, 6.45) is 3.04. The third-order valence-corrected chi connectivity index (χ3v) is 2.61. The number of hydrogen-bond donors (Lipinski definition) is 1. The van der Waals surface area contributed by atoms with Gasteiger partial charge in [0, 0.05) is 11.9 Å². The molecule has 0 amide bonds. The molecular weight excluding hydrogens is 186 g/mol. The minimum atomic E-state index is 0.431. The zero-order valence-electron chi connectivity index (χ0n) is 9.90. The third-order valence-electron chi connectivity index (χ3n) is 2.61. The minimum Gasteiger partial charge on any atom is -0.330 e. The Balaban J connectivity index is 2.61. The summed E-state index contributed by atoms with van der Waals surface area (Å²) in [6, 6.07) is 4.18. The van der Waals surface area contributed by atoms with Crippen LogP contribution in [0.15, 0.2) is 18.3 Å². The summed E-state index contributed by atoms with van der Waals surface area (Å²) >= 11 is 0. The Labute approximate surface area is 92.3 Å². The predicted octanol–water partition coefficient (Wildman–Crippen LogP) is 1.38. The maximum Gasteiger partial charge on any atom is 0.0372 e. The Morgan fingerprint density at radius 3 is 2.60 bits per heavy atom. The maximum atomic E-state index is 5.78. The van der Waals surface area contributed by atoms with Crippen LogP contribution in [0.1, 0.15) is 23.6 Å². The summed E-state index contributed by atoms with van der Waals surface area (Å²) in [5, 5.41) is 0. The third kappa shape index (κ3) is 3.98. The topological polar surface area (TPSA) is 42.1 Å². The van der Waals surface area contributed by atoms with Crippen LogP contribution in [0.25, 0.3) is 0 Å². The van der Waals surface area contributed by atoms with Gasteiger partial charge in [-0.1, -0.05) is 6.07 Å². The van der Waals surface area contributed by atoms with Gasteiger partial charge in [0.25, 0.3) is 0 Å². The van der Waals surface area contributed by atoms with Crippen LogP contribution in [0.4, 0.5) is 0 Å². The first-order valence-electron chi connectivity index (χ1n) is 5.41. The summed E-state index contributed by atoms with van der Waals surface area (Å²) in [7, 11) is 4.17. The van der Waals surface area contributed by atoms with Crippen LogP contribution in [-0.2, 0) is 0 Å². The summed E-state index contributed by atoms with van der Waals surface area (Å²) < 4.78 is 0. The van der Waals surface area contributed by atoms with Crippen molar-refractivity contribution >= 4 is 0 Å². The molecule has 0 spiro atoms. The van der Waals surface area contributed by atoms with E-state index in [1.807, 2.05) is 19.2 Å². The van der Waals surface area contributed by atoms with Crippen LogP contribution in [-0.4, -0.2) is 37.1 Å². The molecule has 0 bridgehead atoms. The highest BCUT2D eigenvalue weighted by atomic mass is 15.0. The summed E-state index contributed by atoms with van der Waals surface area (Å²) in [5.41, 5.74) is 8.09. The summed E-state index contributed by atoms with van der Waals surface area (Å²) in [6.45, 7) is 3.76. The molecule has 0 radical (unpaired) electrons. The average Bonchev–Trinajstić information content (AvgIpc) is 2.21. The van der Waals surface area contributed by atoms with Gasteiger partial charge < -0.3 is 10.6 Å². The summed E-state index contributed by atoms with van der Waals surface area (Å²) in [5.74, 6) is 0.431. The van der Waals surface area contributed by atoms with Crippen molar-refractivity contribution in [3.63, 3.8) is 0 Å². The van der Waals surface area contributed by atoms with Crippen molar-refractivity contribution in [2.24, 2.45) is 5.73 Å². The number of rotatable bonds is 5. The van der Waals surface area contributed by atoms with Crippen molar-refractivity contribution in [1.82, 2.24) is 9.88 Å². The molecule has 0 aliphatic heterocycles. The maximum absolute atomic E-state index is 5.78. The van der Waals surface area contributed by atoms with E-state index < -0.39 is 0 Å². The fourth-order valence-corrected chi connectivity index (χ4v) is 1.56. The fourth-order valence-electron chi connectivity index (χ4n) is 1.56. The van der Waals surface area contributed by atoms with Crippen molar-refractivity contribution < 1.29 is 0 Å². The molecule has 0 aliphatic rings. The zero-order chi connectivity index (χ0) is 11.3. The van der Waals surface area contributed by atoms with Crippen LogP contribution in [0.2, 0.25) is 0 Å². The van der Waals surface area contributed by atoms with E-state index in [0.717, 1.165) is 18.7 Å². The van der Waals surface area contributed by atoms with Crippen molar-refractivity contribution in [2.45, 2.75) is 19.3 Å². The SMILES string of the molecule is Cc1ccc(C(CN)CCN(C)C)cn1. The Morgan fingerprint density at radius 1 is 1.40 bits per heavy atom. The van der Waals surface area contributed by atoms with Crippen LogP contribution < -0.4 is 5.73 Å². The number of aromatic nitrogens is 1. The fraction of sp³-hybridized carbons (Fsp3) is 0.583. The average molecular weight is 207 g/mol. The predicted molar refractivity (Wildman–Crippen MR) is 63.9 cm³/mol. The monoisotopic (exact) mass is 207 g/mol. The van der Waals surface area contributed by atoms with Crippen molar-refractivity contribution in [3.8, 4) is 0 Å². The quantitative estimate of drug-likeness (QED) is 0.793. The highest BCUT2D eigenvalue weighted by Crippen LogP contribution is 2.17. The standard InChI is InChI=1S/C12H21N3/c1-10-4-5-12(9-14-10)11(8-13)6-7-15(2)3/h4-5,9,11H,6-8,13H2,1-3H3. The molecule has 3 heteroatoms. The van der Waals surface area contributed by atoms with E-state index in [1.54, 1.807) is 0 Å². The van der Waals surface area contributed by atoms with Gasteiger partial charge in [-0.25, -0.2) is 0 Å². The smallest absolute Gasteiger partial charge is 0.0372 e. The first kappa shape index (κ1) is 12.1. The highest BCUT2D eigenvalue weighted by Gasteiger charge is 2.09. The van der Waals surface area contributed by atoms with Gasteiger partial charge in [-0.15, -0.1) is 0 Å². The van der Waals surface area contributed by atoms with Gasteiger partial charge in [-0.05, 0) is 58.1 Å². The highest BCUT2D eigenvalue weighted by molar-refractivity contribution is 5.18. The van der Waals surface area contributed by atoms with E-state index in [-0.39, 0.29) is 0 Å². The number of nitrogens with two attached hydrogens (primary N) is 1. The van der Waals surface area contributed by atoms with Crippen molar-refractivity contribution in [1.29, 1.82) is 0 Å². The molecule has 1 aromatic rings. The molecule has 2 N–H and O–H groups in total. The molecule has 0 saturated heterocycles. The zero-order valence-corrected chi connectivity index (χ0v) is 9.90. The molecule has 0 fully saturated rings. The van der Waals surface area contributed by atoms with Crippen LogP contribution >= 0.6 is 0 Å². The van der Waals surface area contributed by atoms with E-state index in [9.17, 15) is 0 Å². The number of nitrogens with zero attached hydrogens (tertiary/aromatic N) is 2. The van der Waals surface area contributed by atoms with Crippen molar-refractivity contribution in [2.75, 3.05) is 27.2 Å². The second-order valence-electron chi connectivity index (χ2n) is 4.26. The Hall–Kier alpha value is -0.930. The lowest BCUT2D eigenvalue weighted by molar-refractivity contribution is 0.382. The van der Waals surface area contributed by atoms with Crippen molar-refractivity contribution in [3.05, 3.63) is 29.6 Å².